The Labute approximate surface area is 75.8 Å². The normalized spacial score (nSPS) is 15.7. The molecule has 12 heavy (non-hydrogen) atoms. The predicted molar refractivity (Wildman–Crippen MR) is 49.5 cm³/mol. The van der Waals surface area contributed by atoms with Crippen molar-refractivity contribution >= 4 is 11.3 Å². The monoisotopic (exact) mass is 187 g/mol. The lowest BCUT2D eigenvalue weighted by Gasteiger charge is -2.18. The number of rotatable bonds is 3. The van der Waals surface area contributed by atoms with Crippen molar-refractivity contribution in [1.29, 1.82) is 0 Å². The second-order valence-electron chi connectivity index (χ2n) is 2.80. The van der Waals surface area contributed by atoms with Crippen molar-refractivity contribution in [3.63, 3.8) is 0 Å². The van der Waals surface area contributed by atoms with Crippen LogP contribution in [0.25, 0.3) is 0 Å². The Hall–Kier alpha value is -0.580. The van der Waals surface area contributed by atoms with Gasteiger partial charge in [-0.3, -0.25) is 0 Å². The lowest BCUT2D eigenvalue weighted by Crippen LogP contribution is -2.30. The second kappa shape index (κ2) is 3.43. The highest BCUT2D eigenvalue weighted by molar-refractivity contribution is 7.14. The molecule has 0 aliphatic heterocycles. The van der Waals surface area contributed by atoms with E-state index in [2.05, 4.69) is 0 Å². The fourth-order valence-electron chi connectivity index (χ4n) is 0.820. The van der Waals surface area contributed by atoms with Crippen LogP contribution >= 0.6 is 11.3 Å². The molecule has 0 fully saturated rings. The van der Waals surface area contributed by atoms with Gasteiger partial charge < -0.3 is 15.6 Å². The van der Waals surface area contributed by atoms with Gasteiger partial charge in [-0.15, -0.1) is 11.3 Å². The van der Waals surface area contributed by atoms with Gasteiger partial charge in [0.2, 0.25) is 0 Å². The van der Waals surface area contributed by atoms with Crippen LogP contribution in [0.4, 0.5) is 0 Å². The Morgan fingerprint density at radius 2 is 2.33 bits per heavy atom. The number of nitrogens with two attached hydrogens (primary N) is 1. The molecule has 68 valence electrons. The fraction of sp³-hybridized carbons (Fsp3) is 0.500. The molecule has 0 saturated heterocycles. The van der Waals surface area contributed by atoms with E-state index in [9.17, 15) is 5.11 Å². The third kappa shape index (κ3) is 1.77. The van der Waals surface area contributed by atoms with Gasteiger partial charge in [-0.05, 0) is 19.1 Å². The van der Waals surface area contributed by atoms with E-state index in [1.165, 1.54) is 11.3 Å². The SMILES string of the molecule is COc1ccc(C(C)(O)CN)s1. The molecule has 1 atom stereocenters. The average Bonchev–Trinajstić information content (AvgIpc) is 2.52. The van der Waals surface area contributed by atoms with E-state index in [0.29, 0.717) is 0 Å². The highest BCUT2D eigenvalue weighted by Crippen LogP contribution is 2.31. The van der Waals surface area contributed by atoms with Crippen LogP contribution in [0.3, 0.4) is 0 Å². The number of hydrogen-bond acceptors (Lipinski definition) is 4. The van der Waals surface area contributed by atoms with Crippen molar-refractivity contribution in [3.05, 3.63) is 17.0 Å². The molecule has 0 amide bonds. The molecule has 0 aliphatic carbocycles. The standard InChI is InChI=1S/C8H13NO2S/c1-8(10,5-9)6-3-4-7(11-2)12-6/h3-4,10H,5,9H2,1-2H3. The van der Waals surface area contributed by atoms with E-state index in [4.69, 9.17) is 10.5 Å². The lowest BCUT2D eigenvalue weighted by molar-refractivity contribution is 0.0707. The minimum absolute atomic E-state index is 0.219. The summed E-state index contributed by atoms with van der Waals surface area (Å²) in [5, 5.41) is 10.5. The summed E-state index contributed by atoms with van der Waals surface area (Å²) in [6, 6.07) is 3.65. The van der Waals surface area contributed by atoms with Gasteiger partial charge in [0.25, 0.3) is 0 Å². The summed E-state index contributed by atoms with van der Waals surface area (Å²) in [7, 11) is 1.60. The van der Waals surface area contributed by atoms with Gasteiger partial charge in [-0.2, -0.15) is 0 Å². The quantitative estimate of drug-likeness (QED) is 0.740. The molecule has 0 aromatic carbocycles. The molecule has 0 radical (unpaired) electrons. The molecular formula is C8H13NO2S. The van der Waals surface area contributed by atoms with E-state index in [1.54, 1.807) is 14.0 Å². The van der Waals surface area contributed by atoms with Gasteiger partial charge in [-0.25, -0.2) is 0 Å². The van der Waals surface area contributed by atoms with Gasteiger partial charge in [0, 0.05) is 11.4 Å². The molecule has 4 heteroatoms. The van der Waals surface area contributed by atoms with Crippen LogP contribution in [0.5, 0.6) is 5.06 Å². The molecule has 0 saturated carbocycles. The van der Waals surface area contributed by atoms with Crippen LogP contribution in [0.2, 0.25) is 0 Å². The van der Waals surface area contributed by atoms with E-state index in [1.807, 2.05) is 12.1 Å². The van der Waals surface area contributed by atoms with E-state index in [-0.39, 0.29) is 6.54 Å². The molecule has 0 spiro atoms. The summed E-state index contributed by atoms with van der Waals surface area (Å²) < 4.78 is 5.00. The zero-order chi connectivity index (χ0) is 9.19. The minimum atomic E-state index is -0.929. The molecule has 1 aromatic rings. The van der Waals surface area contributed by atoms with E-state index >= 15 is 0 Å². The molecular weight excluding hydrogens is 174 g/mol. The number of thiophene rings is 1. The van der Waals surface area contributed by atoms with Crippen LogP contribution in [0.1, 0.15) is 11.8 Å². The fourth-order valence-corrected chi connectivity index (χ4v) is 1.70. The number of hydrogen-bond donors (Lipinski definition) is 2. The zero-order valence-electron chi connectivity index (χ0n) is 7.20. The van der Waals surface area contributed by atoms with Crippen molar-refractivity contribution in [3.8, 4) is 5.06 Å². The first-order chi connectivity index (χ1) is 5.60. The van der Waals surface area contributed by atoms with Gasteiger partial charge in [0.1, 0.15) is 5.60 Å². The molecule has 1 rings (SSSR count). The Kier molecular flexibility index (Phi) is 2.72. The summed E-state index contributed by atoms with van der Waals surface area (Å²) in [5.74, 6) is 0. The highest BCUT2D eigenvalue weighted by atomic mass is 32.1. The van der Waals surface area contributed by atoms with Crippen LogP contribution in [0, 0.1) is 0 Å². The molecule has 0 aliphatic rings. The van der Waals surface area contributed by atoms with Crippen LogP contribution in [0.15, 0.2) is 12.1 Å². The van der Waals surface area contributed by atoms with Crippen molar-refractivity contribution < 1.29 is 9.84 Å². The number of aliphatic hydroxyl groups is 1. The topological polar surface area (TPSA) is 55.5 Å². The summed E-state index contributed by atoms with van der Waals surface area (Å²) in [6.45, 7) is 1.91. The summed E-state index contributed by atoms with van der Waals surface area (Å²) >= 11 is 1.41. The van der Waals surface area contributed by atoms with E-state index < -0.39 is 5.60 Å². The molecule has 3 nitrogen and oxygen atoms in total. The van der Waals surface area contributed by atoms with Crippen LogP contribution in [-0.2, 0) is 5.60 Å². The average molecular weight is 187 g/mol. The summed E-state index contributed by atoms with van der Waals surface area (Å²) in [4.78, 5) is 0.835. The summed E-state index contributed by atoms with van der Waals surface area (Å²) in [5.41, 5.74) is 4.48. The maximum absolute atomic E-state index is 9.73. The largest absolute Gasteiger partial charge is 0.487 e. The molecule has 3 N–H and O–H groups in total. The molecule has 1 unspecified atom stereocenters. The number of ether oxygens (including phenoxy) is 1. The van der Waals surface area contributed by atoms with Crippen molar-refractivity contribution in [1.82, 2.24) is 0 Å². The van der Waals surface area contributed by atoms with Crippen molar-refractivity contribution in [2.45, 2.75) is 12.5 Å². The van der Waals surface area contributed by atoms with Crippen LogP contribution in [-0.4, -0.2) is 18.8 Å². The third-order valence-electron chi connectivity index (χ3n) is 1.71. The molecule has 0 bridgehead atoms. The Balaban J connectivity index is 2.88. The molecule has 1 aromatic heterocycles. The Morgan fingerprint density at radius 1 is 1.67 bits per heavy atom. The van der Waals surface area contributed by atoms with Crippen molar-refractivity contribution in [2.75, 3.05) is 13.7 Å². The Bertz CT molecular complexity index is 257. The first kappa shape index (κ1) is 9.51. The van der Waals surface area contributed by atoms with Gasteiger partial charge >= 0.3 is 0 Å². The van der Waals surface area contributed by atoms with Gasteiger partial charge in [0.15, 0.2) is 5.06 Å². The maximum atomic E-state index is 9.73. The van der Waals surface area contributed by atoms with Crippen molar-refractivity contribution in [2.24, 2.45) is 5.73 Å². The maximum Gasteiger partial charge on any atom is 0.173 e. The van der Waals surface area contributed by atoms with E-state index in [0.717, 1.165) is 9.94 Å². The molecule has 1 heterocycles. The predicted octanol–water partition coefficient (Wildman–Crippen LogP) is 0.923. The summed E-state index contributed by atoms with van der Waals surface area (Å²) in [6.07, 6.45) is 0. The van der Waals surface area contributed by atoms with Crippen LogP contribution < -0.4 is 10.5 Å². The Morgan fingerprint density at radius 3 is 2.75 bits per heavy atom. The first-order valence-corrected chi connectivity index (χ1v) is 4.48. The van der Waals surface area contributed by atoms with Gasteiger partial charge in [0.05, 0.1) is 7.11 Å². The zero-order valence-corrected chi connectivity index (χ0v) is 8.02. The minimum Gasteiger partial charge on any atom is -0.487 e. The third-order valence-corrected chi connectivity index (χ3v) is 3.01. The second-order valence-corrected chi connectivity index (χ2v) is 3.85. The lowest BCUT2D eigenvalue weighted by atomic mass is 10.1. The smallest absolute Gasteiger partial charge is 0.173 e. The first-order valence-electron chi connectivity index (χ1n) is 3.67. The van der Waals surface area contributed by atoms with Gasteiger partial charge in [-0.1, -0.05) is 0 Å². The highest BCUT2D eigenvalue weighted by Gasteiger charge is 2.22. The number of methoxy groups -OCH3 is 1.